The van der Waals surface area contributed by atoms with Gasteiger partial charge in [0.15, 0.2) is 0 Å². The summed E-state index contributed by atoms with van der Waals surface area (Å²) in [6.45, 7) is 5.42. The maximum atomic E-state index is 6.36. The third kappa shape index (κ3) is 2.50. The second-order valence-electron chi connectivity index (χ2n) is 5.16. The molecule has 0 spiro atoms. The minimum atomic E-state index is 0.615. The van der Waals surface area contributed by atoms with Crippen molar-refractivity contribution in [1.29, 1.82) is 0 Å². The number of nitrogens with one attached hydrogen (secondary N) is 1. The van der Waals surface area contributed by atoms with E-state index in [1.807, 2.05) is 13.1 Å². The van der Waals surface area contributed by atoms with Crippen molar-refractivity contribution in [1.82, 2.24) is 5.32 Å². The molecule has 0 bridgehead atoms. The molecule has 2 rings (SSSR count). The lowest BCUT2D eigenvalue weighted by molar-refractivity contribution is 0.624. The van der Waals surface area contributed by atoms with Crippen LogP contribution in [0.5, 0.6) is 0 Å². The number of benzene rings is 1. The summed E-state index contributed by atoms with van der Waals surface area (Å²) in [6.07, 6.45) is 3.78. The standard InChI is InChI=1S/C15H23ClN2/c1-4-12-9-8-11(2)18(12)15-7-5-6-14(16)13(15)10-17-3/h5-7,11-12,17H,4,8-10H2,1-3H3. The maximum absolute atomic E-state index is 6.36. The van der Waals surface area contributed by atoms with Crippen LogP contribution in [-0.2, 0) is 6.54 Å². The van der Waals surface area contributed by atoms with E-state index < -0.39 is 0 Å². The monoisotopic (exact) mass is 266 g/mol. The molecule has 0 radical (unpaired) electrons. The second-order valence-corrected chi connectivity index (χ2v) is 5.57. The zero-order valence-electron chi connectivity index (χ0n) is 11.5. The molecule has 2 nitrogen and oxygen atoms in total. The average Bonchev–Trinajstić information content (AvgIpc) is 2.73. The van der Waals surface area contributed by atoms with Gasteiger partial charge in [0.25, 0.3) is 0 Å². The van der Waals surface area contributed by atoms with Crippen LogP contribution in [0, 0.1) is 0 Å². The fourth-order valence-electron chi connectivity index (χ4n) is 3.05. The zero-order chi connectivity index (χ0) is 13.1. The molecule has 1 N–H and O–H groups in total. The molecule has 1 aliphatic heterocycles. The van der Waals surface area contributed by atoms with Gasteiger partial charge in [0.2, 0.25) is 0 Å². The SMILES string of the molecule is CCC1CCC(C)N1c1cccc(Cl)c1CNC. The lowest BCUT2D eigenvalue weighted by Crippen LogP contribution is -2.35. The maximum Gasteiger partial charge on any atom is 0.0471 e. The van der Waals surface area contributed by atoms with E-state index in [1.54, 1.807) is 0 Å². The van der Waals surface area contributed by atoms with Crippen molar-refractivity contribution >= 4 is 17.3 Å². The number of halogens is 1. The van der Waals surface area contributed by atoms with Crippen molar-refractivity contribution in [2.45, 2.75) is 51.7 Å². The fraction of sp³-hybridized carbons (Fsp3) is 0.600. The summed E-state index contributed by atoms with van der Waals surface area (Å²) in [4.78, 5) is 2.57. The summed E-state index contributed by atoms with van der Waals surface area (Å²) in [5.41, 5.74) is 2.54. The van der Waals surface area contributed by atoms with E-state index in [4.69, 9.17) is 11.6 Å². The Balaban J connectivity index is 2.39. The van der Waals surface area contributed by atoms with Crippen LogP contribution in [0.25, 0.3) is 0 Å². The Hall–Kier alpha value is -0.730. The van der Waals surface area contributed by atoms with Gasteiger partial charge in [-0.15, -0.1) is 0 Å². The Bertz CT molecular complexity index is 405. The molecule has 1 aliphatic rings. The molecule has 1 fully saturated rings. The molecule has 18 heavy (non-hydrogen) atoms. The van der Waals surface area contributed by atoms with E-state index in [2.05, 4.69) is 36.2 Å². The molecule has 100 valence electrons. The van der Waals surface area contributed by atoms with Crippen molar-refractivity contribution in [3.63, 3.8) is 0 Å². The van der Waals surface area contributed by atoms with Crippen LogP contribution in [0.3, 0.4) is 0 Å². The molecule has 0 amide bonds. The van der Waals surface area contributed by atoms with Crippen molar-refractivity contribution in [3.8, 4) is 0 Å². The number of anilines is 1. The lowest BCUT2D eigenvalue weighted by Gasteiger charge is -2.32. The van der Waals surface area contributed by atoms with Crippen molar-refractivity contribution < 1.29 is 0 Å². The minimum absolute atomic E-state index is 0.615. The van der Waals surface area contributed by atoms with Gasteiger partial charge in [-0.25, -0.2) is 0 Å². The molecule has 1 aromatic carbocycles. The molecule has 2 unspecified atom stereocenters. The van der Waals surface area contributed by atoms with E-state index in [-0.39, 0.29) is 0 Å². The van der Waals surface area contributed by atoms with Crippen molar-refractivity contribution in [2.75, 3.05) is 11.9 Å². The third-order valence-electron chi connectivity index (χ3n) is 3.98. The van der Waals surface area contributed by atoms with Crippen LogP contribution in [0.1, 0.15) is 38.7 Å². The summed E-state index contributed by atoms with van der Waals surface area (Å²) >= 11 is 6.36. The Labute approximate surface area is 115 Å². The van der Waals surface area contributed by atoms with Gasteiger partial charge < -0.3 is 10.2 Å². The van der Waals surface area contributed by atoms with Gasteiger partial charge in [-0.2, -0.15) is 0 Å². The highest BCUT2D eigenvalue weighted by molar-refractivity contribution is 6.31. The van der Waals surface area contributed by atoms with Crippen LogP contribution < -0.4 is 10.2 Å². The molecule has 1 saturated heterocycles. The van der Waals surface area contributed by atoms with E-state index >= 15 is 0 Å². The number of rotatable bonds is 4. The fourth-order valence-corrected chi connectivity index (χ4v) is 3.28. The van der Waals surface area contributed by atoms with Crippen LogP contribution in [0.15, 0.2) is 18.2 Å². The number of hydrogen-bond acceptors (Lipinski definition) is 2. The minimum Gasteiger partial charge on any atom is -0.366 e. The molecule has 3 heteroatoms. The first kappa shape index (κ1) is 13.7. The van der Waals surface area contributed by atoms with Gasteiger partial charge in [0, 0.05) is 34.9 Å². The first-order chi connectivity index (χ1) is 8.69. The van der Waals surface area contributed by atoms with Gasteiger partial charge in [0.05, 0.1) is 0 Å². The van der Waals surface area contributed by atoms with E-state index in [0.717, 1.165) is 11.6 Å². The first-order valence-electron chi connectivity index (χ1n) is 6.89. The predicted molar refractivity (Wildman–Crippen MR) is 79.5 cm³/mol. The molecule has 0 aliphatic carbocycles. The number of hydrogen-bond donors (Lipinski definition) is 1. The summed E-state index contributed by atoms with van der Waals surface area (Å²) in [7, 11) is 1.97. The third-order valence-corrected chi connectivity index (χ3v) is 4.34. The van der Waals surface area contributed by atoms with Crippen molar-refractivity contribution in [3.05, 3.63) is 28.8 Å². The average molecular weight is 267 g/mol. The highest BCUT2D eigenvalue weighted by atomic mass is 35.5. The predicted octanol–water partition coefficient (Wildman–Crippen LogP) is 3.83. The van der Waals surface area contributed by atoms with Crippen molar-refractivity contribution in [2.24, 2.45) is 0 Å². The Morgan fingerprint density at radius 3 is 2.83 bits per heavy atom. The quantitative estimate of drug-likeness (QED) is 0.891. The topological polar surface area (TPSA) is 15.3 Å². The molecule has 2 atom stereocenters. The van der Waals surface area contributed by atoms with Gasteiger partial charge in [0.1, 0.15) is 0 Å². The Kier molecular flexibility index (Phi) is 4.52. The van der Waals surface area contributed by atoms with Gasteiger partial charge in [-0.1, -0.05) is 24.6 Å². The Morgan fingerprint density at radius 2 is 2.17 bits per heavy atom. The first-order valence-corrected chi connectivity index (χ1v) is 7.27. The summed E-state index contributed by atoms with van der Waals surface area (Å²) in [5, 5.41) is 4.10. The summed E-state index contributed by atoms with van der Waals surface area (Å²) < 4.78 is 0. The second kappa shape index (κ2) is 5.94. The summed E-state index contributed by atoms with van der Waals surface area (Å²) in [5.74, 6) is 0. The van der Waals surface area contributed by atoms with Crippen LogP contribution in [-0.4, -0.2) is 19.1 Å². The molecule has 1 heterocycles. The van der Waals surface area contributed by atoms with E-state index in [0.29, 0.717) is 12.1 Å². The van der Waals surface area contributed by atoms with Gasteiger partial charge in [-0.3, -0.25) is 0 Å². The smallest absolute Gasteiger partial charge is 0.0471 e. The van der Waals surface area contributed by atoms with Gasteiger partial charge >= 0.3 is 0 Å². The molecule has 0 saturated carbocycles. The highest BCUT2D eigenvalue weighted by Crippen LogP contribution is 2.36. The highest BCUT2D eigenvalue weighted by Gasteiger charge is 2.30. The summed E-state index contributed by atoms with van der Waals surface area (Å²) in [6, 6.07) is 7.54. The lowest BCUT2D eigenvalue weighted by atomic mass is 10.1. The van der Waals surface area contributed by atoms with E-state index in [9.17, 15) is 0 Å². The zero-order valence-corrected chi connectivity index (χ0v) is 12.3. The van der Waals surface area contributed by atoms with Crippen LogP contribution in [0.4, 0.5) is 5.69 Å². The Morgan fingerprint density at radius 1 is 1.39 bits per heavy atom. The van der Waals surface area contributed by atoms with Crippen LogP contribution >= 0.6 is 11.6 Å². The van der Waals surface area contributed by atoms with Crippen LogP contribution in [0.2, 0.25) is 5.02 Å². The molecule has 1 aromatic rings. The molecular weight excluding hydrogens is 244 g/mol. The molecular formula is C15H23ClN2. The normalized spacial score (nSPS) is 23.7. The number of nitrogens with zero attached hydrogens (tertiary/aromatic N) is 1. The van der Waals surface area contributed by atoms with E-state index in [1.165, 1.54) is 30.5 Å². The van der Waals surface area contributed by atoms with Gasteiger partial charge in [-0.05, 0) is 45.4 Å². The largest absolute Gasteiger partial charge is 0.366 e. The molecule has 0 aromatic heterocycles.